The first-order valence-electron chi connectivity index (χ1n) is 5.63. The predicted octanol–water partition coefficient (Wildman–Crippen LogP) is 1.87. The van der Waals surface area contributed by atoms with Gasteiger partial charge in [0, 0.05) is 24.8 Å². The Hall–Kier alpha value is -1.58. The molecule has 0 amide bonds. The fourth-order valence-corrected chi connectivity index (χ4v) is 2.07. The van der Waals surface area contributed by atoms with Crippen LogP contribution in [0.2, 0.25) is 0 Å². The minimum absolute atomic E-state index is 0.496. The number of carbonyl (C=O) groups is 1. The third-order valence-electron chi connectivity index (χ3n) is 3.06. The number of rotatable bonds is 3. The molecule has 1 aromatic heterocycles. The summed E-state index contributed by atoms with van der Waals surface area (Å²) in [5, 5.41) is 9.06. The van der Waals surface area contributed by atoms with Gasteiger partial charge in [0.25, 0.3) is 0 Å². The second-order valence-electron chi connectivity index (χ2n) is 4.17. The van der Waals surface area contributed by atoms with Gasteiger partial charge in [0.05, 0.1) is 5.92 Å². The molecule has 16 heavy (non-hydrogen) atoms. The summed E-state index contributed by atoms with van der Waals surface area (Å²) < 4.78 is 0. The maximum Gasteiger partial charge on any atom is 0.310 e. The quantitative estimate of drug-likeness (QED) is 0.844. The first-order chi connectivity index (χ1) is 7.70. The molecule has 0 aliphatic carbocycles. The highest BCUT2D eigenvalue weighted by Gasteiger charge is 2.22. The molecule has 1 N–H and O–H groups in total. The van der Waals surface area contributed by atoms with Gasteiger partial charge in [0.1, 0.15) is 5.82 Å². The van der Waals surface area contributed by atoms with Gasteiger partial charge in [-0.3, -0.25) is 4.79 Å². The van der Waals surface area contributed by atoms with Crippen molar-refractivity contribution in [3.8, 4) is 0 Å². The lowest BCUT2D eigenvalue weighted by Gasteiger charge is -2.21. The topological polar surface area (TPSA) is 53.4 Å². The molecule has 2 heterocycles. The van der Waals surface area contributed by atoms with Crippen LogP contribution >= 0.6 is 0 Å². The Bertz CT molecular complexity index is 386. The molecule has 86 valence electrons. The van der Waals surface area contributed by atoms with Gasteiger partial charge in [-0.15, -0.1) is 0 Å². The molecular formula is C12H16N2O2. The maximum absolute atomic E-state index is 11.0. The van der Waals surface area contributed by atoms with Gasteiger partial charge in [0.15, 0.2) is 0 Å². The molecule has 1 atom stereocenters. The van der Waals surface area contributed by atoms with Gasteiger partial charge in [-0.05, 0) is 25.8 Å². The number of carboxylic acids is 1. The SMILES string of the molecule is CC(C(=O)O)c1cccnc1N1CCCC1. The molecule has 0 saturated carbocycles. The largest absolute Gasteiger partial charge is 0.481 e. The molecule has 4 nitrogen and oxygen atoms in total. The molecule has 0 aromatic carbocycles. The van der Waals surface area contributed by atoms with Gasteiger partial charge in [-0.2, -0.15) is 0 Å². The van der Waals surface area contributed by atoms with Crippen molar-refractivity contribution in [2.45, 2.75) is 25.7 Å². The van der Waals surface area contributed by atoms with E-state index in [1.165, 1.54) is 0 Å². The van der Waals surface area contributed by atoms with Crippen LogP contribution in [0.25, 0.3) is 0 Å². The van der Waals surface area contributed by atoms with Crippen LogP contribution in [0, 0.1) is 0 Å². The number of carboxylic acid groups (broad SMARTS) is 1. The molecular weight excluding hydrogens is 204 g/mol. The molecule has 1 aliphatic rings. The van der Waals surface area contributed by atoms with Crippen LogP contribution < -0.4 is 4.90 Å². The molecule has 1 saturated heterocycles. The van der Waals surface area contributed by atoms with Gasteiger partial charge < -0.3 is 10.0 Å². The summed E-state index contributed by atoms with van der Waals surface area (Å²) >= 11 is 0. The van der Waals surface area contributed by atoms with E-state index in [1.807, 2.05) is 6.07 Å². The Labute approximate surface area is 94.9 Å². The molecule has 0 radical (unpaired) electrons. The molecule has 1 aliphatic heterocycles. The minimum atomic E-state index is -0.798. The van der Waals surface area contributed by atoms with E-state index in [0.29, 0.717) is 0 Å². The fourth-order valence-electron chi connectivity index (χ4n) is 2.07. The summed E-state index contributed by atoms with van der Waals surface area (Å²) in [4.78, 5) is 17.5. The standard InChI is InChI=1S/C12H16N2O2/c1-9(12(15)16)10-5-4-6-13-11(10)14-7-2-3-8-14/h4-6,9H,2-3,7-8H2,1H3,(H,15,16). The number of hydrogen-bond donors (Lipinski definition) is 1. The van der Waals surface area contributed by atoms with Crippen molar-refractivity contribution < 1.29 is 9.90 Å². The highest BCUT2D eigenvalue weighted by atomic mass is 16.4. The highest BCUT2D eigenvalue weighted by molar-refractivity contribution is 5.77. The monoisotopic (exact) mass is 220 g/mol. The summed E-state index contributed by atoms with van der Waals surface area (Å²) in [6.45, 7) is 3.67. The van der Waals surface area contributed by atoms with E-state index in [4.69, 9.17) is 5.11 Å². The number of nitrogens with zero attached hydrogens (tertiary/aromatic N) is 2. The summed E-state index contributed by atoms with van der Waals surface area (Å²) in [6, 6.07) is 3.66. The van der Waals surface area contributed by atoms with Gasteiger partial charge in [0.2, 0.25) is 0 Å². The maximum atomic E-state index is 11.0. The summed E-state index contributed by atoms with van der Waals surface area (Å²) in [7, 11) is 0. The zero-order valence-electron chi connectivity index (χ0n) is 9.39. The fraction of sp³-hybridized carbons (Fsp3) is 0.500. The van der Waals surface area contributed by atoms with Crippen LogP contribution in [0.5, 0.6) is 0 Å². The first kappa shape index (κ1) is 10.9. The number of pyridine rings is 1. The number of aliphatic carboxylic acids is 1. The van der Waals surface area contributed by atoms with Crippen molar-refractivity contribution in [1.82, 2.24) is 4.98 Å². The Morgan fingerprint density at radius 1 is 1.50 bits per heavy atom. The van der Waals surface area contributed by atoms with Crippen molar-refractivity contribution in [2.75, 3.05) is 18.0 Å². The lowest BCUT2D eigenvalue weighted by Crippen LogP contribution is -2.22. The molecule has 4 heteroatoms. The Morgan fingerprint density at radius 2 is 2.19 bits per heavy atom. The molecule has 1 fully saturated rings. The highest BCUT2D eigenvalue weighted by Crippen LogP contribution is 2.27. The van der Waals surface area contributed by atoms with Crippen LogP contribution in [-0.2, 0) is 4.79 Å². The summed E-state index contributed by atoms with van der Waals surface area (Å²) in [5.74, 6) is -0.451. The van der Waals surface area contributed by atoms with E-state index in [9.17, 15) is 4.79 Å². The van der Waals surface area contributed by atoms with Crippen molar-refractivity contribution in [3.63, 3.8) is 0 Å². The smallest absolute Gasteiger partial charge is 0.310 e. The van der Waals surface area contributed by atoms with Gasteiger partial charge in [-0.25, -0.2) is 4.98 Å². The Balaban J connectivity index is 2.33. The van der Waals surface area contributed by atoms with Crippen molar-refractivity contribution in [2.24, 2.45) is 0 Å². The number of aromatic nitrogens is 1. The summed E-state index contributed by atoms with van der Waals surface area (Å²) in [5.41, 5.74) is 0.817. The molecule has 0 spiro atoms. The van der Waals surface area contributed by atoms with E-state index in [2.05, 4.69) is 9.88 Å². The number of hydrogen-bond acceptors (Lipinski definition) is 3. The molecule has 1 unspecified atom stereocenters. The van der Waals surface area contributed by atoms with Crippen LogP contribution in [0.15, 0.2) is 18.3 Å². The minimum Gasteiger partial charge on any atom is -0.481 e. The second kappa shape index (κ2) is 4.51. The van der Waals surface area contributed by atoms with E-state index < -0.39 is 11.9 Å². The average Bonchev–Trinajstić information content (AvgIpc) is 2.81. The predicted molar refractivity (Wildman–Crippen MR) is 61.7 cm³/mol. The first-order valence-corrected chi connectivity index (χ1v) is 5.63. The van der Waals surface area contributed by atoms with Crippen LogP contribution in [-0.4, -0.2) is 29.1 Å². The molecule has 0 bridgehead atoms. The average molecular weight is 220 g/mol. The zero-order valence-corrected chi connectivity index (χ0v) is 9.39. The lowest BCUT2D eigenvalue weighted by atomic mass is 10.0. The normalized spacial score (nSPS) is 17.4. The third kappa shape index (κ3) is 2.01. The van der Waals surface area contributed by atoms with Crippen LogP contribution in [0.4, 0.5) is 5.82 Å². The van der Waals surface area contributed by atoms with Crippen molar-refractivity contribution in [3.05, 3.63) is 23.9 Å². The van der Waals surface area contributed by atoms with E-state index in [1.54, 1.807) is 19.2 Å². The van der Waals surface area contributed by atoms with E-state index in [0.717, 1.165) is 37.3 Å². The van der Waals surface area contributed by atoms with Crippen molar-refractivity contribution >= 4 is 11.8 Å². The molecule has 2 rings (SSSR count). The van der Waals surface area contributed by atoms with Crippen molar-refractivity contribution in [1.29, 1.82) is 0 Å². The second-order valence-corrected chi connectivity index (χ2v) is 4.17. The lowest BCUT2D eigenvalue weighted by molar-refractivity contribution is -0.138. The van der Waals surface area contributed by atoms with Crippen LogP contribution in [0.3, 0.4) is 0 Å². The third-order valence-corrected chi connectivity index (χ3v) is 3.06. The van der Waals surface area contributed by atoms with Crippen LogP contribution in [0.1, 0.15) is 31.2 Å². The Morgan fingerprint density at radius 3 is 2.81 bits per heavy atom. The Kier molecular flexibility index (Phi) is 3.08. The summed E-state index contributed by atoms with van der Waals surface area (Å²) in [6.07, 6.45) is 4.06. The molecule has 1 aromatic rings. The van der Waals surface area contributed by atoms with E-state index >= 15 is 0 Å². The van der Waals surface area contributed by atoms with Gasteiger partial charge >= 0.3 is 5.97 Å². The van der Waals surface area contributed by atoms with Gasteiger partial charge in [-0.1, -0.05) is 6.07 Å². The number of anilines is 1. The zero-order chi connectivity index (χ0) is 11.5. The van der Waals surface area contributed by atoms with E-state index in [-0.39, 0.29) is 0 Å².